The Morgan fingerprint density at radius 3 is 2.44 bits per heavy atom. The second-order valence-electron chi connectivity index (χ2n) is 5.78. The minimum Gasteiger partial charge on any atom is -0.480 e. The van der Waals surface area contributed by atoms with Gasteiger partial charge in [0.2, 0.25) is 5.91 Å². The molecule has 25 heavy (non-hydrogen) atoms. The second-order valence-corrected chi connectivity index (χ2v) is 6.22. The van der Waals surface area contributed by atoms with Gasteiger partial charge in [-0.2, -0.15) is 0 Å². The summed E-state index contributed by atoms with van der Waals surface area (Å²) in [6, 6.07) is 7.31. The number of aliphatic carboxylic acids is 1. The van der Waals surface area contributed by atoms with Crippen molar-refractivity contribution >= 4 is 23.5 Å². The molecule has 0 bridgehead atoms. The molecule has 0 aliphatic heterocycles. The fourth-order valence-corrected chi connectivity index (χ4v) is 2.98. The molecule has 0 atom stereocenters. The summed E-state index contributed by atoms with van der Waals surface area (Å²) in [7, 11) is 0. The largest absolute Gasteiger partial charge is 0.480 e. The third kappa shape index (κ3) is 4.36. The number of carbonyl (C=O) groups excluding carboxylic acids is 1. The molecule has 2 rings (SSSR count). The van der Waals surface area contributed by atoms with E-state index in [1.54, 1.807) is 12.1 Å². The summed E-state index contributed by atoms with van der Waals surface area (Å²) in [5, 5.41) is 19.9. The van der Waals surface area contributed by atoms with Crippen molar-refractivity contribution in [1.82, 2.24) is 20.3 Å². The summed E-state index contributed by atoms with van der Waals surface area (Å²) in [5.74, 6) is -1.10. The minimum absolute atomic E-state index is 0.104. The fourth-order valence-electron chi connectivity index (χ4n) is 2.85. The molecule has 134 valence electrons. The van der Waals surface area contributed by atoms with Gasteiger partial charge in [-0.3, -0.25) is 9.59 Å². The predicted molar refractivity (Wildman–Crippen MR) is 93.2 cm³/mol. The van der Waals surface area contributed by atoms with Crippen LogP contribution >= 0.6 is 11.6 Å². The predicted octanol–water partition coefficient (Wildman–Crippen LogP) is 2.39. The molecule has 0 spiro atoms. The van der Waals surface area contributed by atoms with Crippen molar-refractivity contribution in [2.45, 2.75) is 45.2 Å². The Bertz CT molecular complexity index is 739. The quantitative estimate of drug-likeness (QED) is 0.749. The van der Waals surface area contributed by atoms with E-state index in [1.807, 2.05) is 26.0 Å². The summed E-state index contributed by atoms with van der Waals surface area (Å²) in [6.07, 6.45) is 2.79. The first-order valence-corrected chi connectivity index (χ1v) is 8.44. The zero-order valence-corrected chi connectivity index (χ0v) is 15.0. The number of nitrogens with one attached hydrogen (secondary N) is 1. The van der Waals surface area contributed by atoms with E-state index in [9.17, 15) is 9.59 Å². The molecule has 8 heteroatoms. The number of nitrogens with zero attached hydrogens (tertiary/aromatic N) is 3. The molecule has 2 N–H and O–H groups in total. The van der Waals surface area contributed by atoms with E-state index < -0.39 is 11.4 Å². The number of benzene rings is 1. The van der Waals surface area contributed by atoms with Gasteiger partial charge in [-0.1, -0.05) is 42.8 Å². The molecule has 1 heterocycles. The van der Waals surface area contributed by atoms with Crippen LogP contribution in [0.4, 0.5) is 0 Å². The molecule has 2 aromatic rings. The minimum atomic E-state index is -1.00. The van der Waals surface area contributed by atoms with E-state index in [-0.39, 0.29) is 19.0 Å². The first kappa shape index (κ1) is 18.9. The maximum absolute atomic E-state index is 12.9. The summed E-state index contributed by atoms with van der Waals surface area (Å²) in [6.45, 7) is 3.87. The van der Waals surface area contributed by atoms with Gasteiger partial charge in [-0.15, -0.1) is 5.10 Å². The average molecular weight is 365 g/mol. The van der Waals surface area contributed by atoms with Crippen LogP contribution in [0.2, 0.25) is 5.02 Å². The third-order valence-corrected chi connectivity index (χ3v) is 4.60. The van der Waals surface area contributed by atoms with Crippen molar-refractivity contribution in [1.29, 1.82) is 0 Å². The molecule has 7 nitrogen and oxygen atoms in total. The zero-order chi connectivity index (χ0) is 18.4. The number of carbonyl (C=O) groups is 2. The maximum Gasteiger partial charge on any atom is 0.325 e. The summed E-state index contributed by atoms with van der Waals surface area (Å²) >= 11 is 5.95. The molecular formula is C17H21ClN4O3. The molecule has 0 saturated carbocycles. The number of carboxylic acid groups (broad SMARTS) is 1. The van der Waals surface area contributed by atoms with Crippen LogP contribution in [-0.4, -0.2) is 32.0 Å². The summed E-state index contributed by atoms with van der Waals surface area (Å²) < 4.78 is 1.22. The number of hydrogen-bond donors (Lipinski definition) is 2. The van der Waals surface area contributed by atoms with Gasteiger partial charge in [0.1, 0.15) is 12.2 Å². The maximum atomic E-state index is 12.9. The first-order chi connectivity index (χ1) is 11.9. The highest BCUT2D eigenvalue weighted by Crippen LogP contribution is 2.32. The lowest BCUT2D eigenvalue weighted by molar-refractivity contribution is -0.138. The van der Waals surface area contributed by atoms with Gasteiger partial charge >= 0.3 is 5.97 Å². The van der Waals surface area contributed by atoms with Crippen LogP contribution < -0.4 is 5.32 Å². The van der Waals surface area contributed by atoms with Crippen LogP contribution in [0.25, 0.3) is 0 Å². The van der Waals surface area contributed by atoms with E-state index in [4.69, 9.17) is 16.7 Å². The highest BCUT2D eigenvalue weighted by Gasteiger charge is 2.36. The second kappa shape index (κ2) is 8.11. The molecule has 1 aromatic carbocycles. The number of hydrogen-bond acceptors (Lipinski definition) is 4. The monoisotopic (exact) mass is 364 g/mol. The Labute approximate surface area is 151 Å². The lowest BCUT2D eigenvalue weighted by Crippen LogP contribution is -2.43. The van der Waals surface area contributed by atoms with Crippen molar-refractivity contribution in [3.05, 3.63) is 46.7 Å². The van der Waals surface area contributed by atoms with Gasteiger partial charge < -0.3 is 10.4 Å². The van der Waals surface area contributed by atoms with Crippen LogP contribution in [0, 0.1) is 0 Å². The Hall–Kier alpha value is -2.41. The Morgan fingerprint density at radius 1 is 1.24 bits per heavy atom. The van der Waals surface area contributed by atoms with Crippen LogP contribution in [0.3, 0.4) is 0 Å². The highest BCUT2D eigenvalue weighted by atomic mass is 35.5. The normalized spacial score (nSPS) is 11.3. The summed E-state index contributed by atoms with van der Waals surface area (Å²) in [5.41, 5.74) is 0.766. The molecule has 0 fully saturated rings. The van der Waals surface area contributed by atoms with Gasteiger partial charge in [0, 0.05) is 5.02 Å². The van der Waals surface area contributed by atoms with Gasteiger partial charge in [0.15, 0.2) is 0 Å². The molecule has 1 amide bonds. The van der Waals surface area contributed by atoms with E-state index in [1.165, 1.54) is 10.9 Å². The molecular weight excluding hydrogens is 344 g/mol. The molecule has 0 saturated heterocycles. The number of rotatable bonds is 8. The van der Waals surface area contributed by atoms with Crippen LogP contribution in [0.5, 0.6) is 0 Å². The Morgan fingerprint density at radius 2 is 1.88 bits per heavy atom. The number of aromatic nitrogens is 3. The molecule has 0 aliphatic rings. The van der Waals surface area contributed by atoms with Gasteiger partial charge in [0.05, 0.1) is 18.2 Å². The fraction of sp³-hybridized carbons (Fsp3) is 0.412. The van der Waals surface area contributed by atoms with Crippen molar-refractivity contribution < 1.29 is 14.7 Å². The van der Waals surface area contributed by atoms with E-state index in [0.29, 0.717) is 23.6 Å². The number of carboxylic acids is 1. The topological polar surface area (TPSA) is 97.1 Å². The standard InChI is InChI=1S/C17H21ClN4O3/c1-3-17(4-2,12-5-7-13(18)8-6-12)16(25)19-9-14-10-22(21-20-14)11-15(23)24/h5-8,10H,3-4,9,11H2,1-2H3,(H,19,25)(H,23,24). The molecule has 0 unspecified atom stereocenters. The molecule has 1 aromatic heterocycles. The van der Waals surface area contributed by atoms with Crippen molar-refractivity contribution in [3.63, 3.8) is 0 Å². The van der Waals surface area contributed by atoms with Gasteiger partial charge in [-0.25, -0.2) is 4.68 Å². The van der Waals surface area contributed by atoms with Gasteiger partial charge in [-0.05, 0) is 30.5 Å². The van der Waals surface area contributed by atoms with Crippen molar-refractivity contribution in [2.24, 2.45) is 0 Å². The Balaban J connectivity index is 2.11. The van der Waals surface area contributed by atoms with Crippen molar-refractivity contribution in [3.8, 4) is 0 Å². The van der Waals surface area contributed by atoms with E-state index >= 15 is 0 Å². The van der Waals surface area contributed by atoms with E-state index in [0.717, 1.165) is 5.56 Å². The lowest BCUT2D eigenvalue weighted by Gasteiger charge is -2.30. The third-order valence-electron chi connectivity index (χ3n) is 4.35. The summed E-state index contributed by atoms with van der Waals surface area (Å²) in [4.78, 5) is 23.5. The lowest BCUT2D eigenvalue weighted by atomic mass is 9.75. The molecule has 0 radical (unpaired) electrons. The zero-order valence-electron chi connectivity index (χ0n) is 14.2. The van der Waals surface area contributed by atoms with Crippen molar-refractivity contribution in [2.75, 3.05) is 0 Å². The van der Waals surface area contributed by atoms with Crippen LogP contribution in [0.1, 0.15) is 37.9 Å². The van der Waals surface area contributed by atoms with Crippen LogP contribution in [-0.2, 0) is 28.1 Å². The Kier molecular flexibility index (Phi) is 6.14. The SMILES string of the molecule is CCC(CC)(C(=O)NCc1cn(CC(=O)O)nn1)c1ccc(Cl)cc1. The van der Waals surface area contributed by atoms with Gasteiger partial charge in [0.25, 0.3) is 0 Å². The number of halogens is 1. The smallest absolute Gasteiger partial charge is 0.325 e. The molecule has 0 aliphatic carbocycles. The number of amides is 1. The van der Waals surface area contributed by atoms with E-state index in [2.05, 4.69) is 15.6 Å². The van der Waals surface area contributed by atoms with Crippen LogP contribution in [0.15, 0.2) is 30.5 Å². The highest BCUT2D eigenvalue weighted by molar-refractivity contribution is 6.30. The average Bonchev–Trinajstić information content (AvgIpc) is 3.02. The first-order valence-electron chi connectivity index (χ1n) is 8.06.